The second-order valence-electron chi connectivity index (χ2n) is 7.58. The minimum atomic E-state index is -4.79. The number of halogens is 3. The van der Waals surface area contributed by atoms with Crippen LogP contribution in [0.15, 0.2) is 53.3 Å². The van der Waals surface area contributed by atoms with E-state index in [-0.39, 0.29) is 16.5 Å². The fourth-order valence-electron chi connectivity index (χ4n) is 2.97. The SMILES string of the molecule is CC(C)(C)c1cc(=O)[nH]c2cc(NC(=O)c3ccc(OC(F)(F)F)cc3)ccc12. The molecule has 1 heterocycles. The van der Waals surface area contributed by atoms with Crippen LogP contribution in [0.4, 0.5) is 18.9 Å². The first-order valence-corrected chi connectivity index (χ1v) is 8.77. The van der Waals surface area contributed by atoms with Crippen LogP contribution in [0.5, 0.6) is 5.75 Å². The molecule has 0 fully saturated rings. The highest BCUT2D eigenvalue weighted by Gasteiger charge is 2.31. The van der Waals surface area contributed by atoms with Crippen molar-refractivity contribution in [1.29, 1.82) is 0 Å². The third kappa shape index (κ3) is 4.96. The molecule has 3 rings (SSSR count). The van der Waals surface area contributed by atoms with Gasteiger partial charge < -0.3 is 15.0 Å². The Morgan fingerprint density at radius 2 is 1.66 bits per heavy atom. The molecule has 0 saturated heterocycles. The van der Waals surface area contributed by atoms with Gasteiger partial charge in [-0.25, -0.2) is 0 Å². The zero-order valence-corrected chi connectivity index (χ0v) is 16.0. The maximum Gasteiger partial charge on any atom is 0.573 e. The van der Waals surface area contributed by atoms with Gasteiger partial charge in [-0.15, -0.1) is 13.2 Å². The van der Waals surface area contributed by atoms with Crippen LogP contribution in [-0.4, -0.2) is 17.3 Å². The van der Waals surface area contributed by atoms with Crippen molar-refractivity contribution < 1.29 is 22.7 Å². The molecule has 2 N–H and O–H groups in total. The molecule has 0 aliphatic heterocycles. The van der Waals surface area contributed by atoms with Crippen molar-refractivity contribution in [2.45, 2.75) is 32.5 Å². The van der Waals surface area contributed by atoms with Crippen LogP contribution in [0.2, 0.25) is 0 Å². The number of nitrogens with one attached hydrogen (secondary N) is 2. The van der Waals surface area contributed by atoms with Crippen LogP contribution in [0.3, 0.4) is 0 Å². The smallest absolute Gasteiger partial charge is 0.406 e. The molecular formula is C21H19F3N2O3. The maximum atomic E-state index is 12.4. The Kier molecular flexibility index (Phi) is 5.13. The van der Waals surface area contributed by atoms with Crippen molar-refractivity contribution in [2.24, 2.45) is 0 Å². The molecule has 0 aliphatic rings. The van der Waals surface area contributed by atoms with Gasteiger partial charge in [0.05, 0.1) is 5.52 Å². The van der Waals surface area contributed by atoms with Gasteiger partial charge in [0.2, 0.25) is 5.56 Å². The van der Waals surface area contributed by atoms with E-state index in [9.17, 15) is 22.8 Å². The molecule has 0 bridgehead atoms. The summed E-state index contributed by atoms with van der Waals surface area (Å²) in [4.78, 5) is 27.2. The molecule has 0 spiro atoms. The predicted molar refractivity (Wildman–Crippen MR) is 104 cm³/mol. The van der Waals surface area contributed by atoms with Crippen LogP contribution < -0.4 is 15.6 Å². The summed E-state index contributed by atoms with van der Waals surface area (Å²) in [6.45, 7) is 6.01. The molecule has 1 amide bonds. The number of hydrogen-bond acceptors (Lipinski definition) is 3. The highest BCUT2D eigenvalue weighted by Crippen LogP contribution is 2.29. The fraction of sp³-hybridized carbons (Fsp3) is 0.238. The lowest BCUT2D eigenvalue weighted by Gasteiger charge is -2.21. The number of ether oxygens (including phenoxy) is 1. The van der Waals surface area contributed by atoms with Crippen LogP contribution in [-0.2, 0) is 5.41 Å². The number of benzene rings is 2. The molecule has 8 heteroatoms. The first kappa shape index (κ1) is 20.4. The van der Waals surface area contributed by atoms with E-state index in [1.54, 1.807) is 18.2 Å². The minimum absolute atomic E-state index is 0.163. The lowest BCUT2D eigenvalue weighted by molar-refractivity contribution is -0.274. The lowest BCUT2D eigenvalue weighted by atomic mass is 9.85. The van der Waals surface area contributed by atoms with Crippen molar-refractivity contribution in [2.75, 3.05) is 5.32 Å². The van der Waals surface area contributed by atoms with Crippen LogP contribution >= 0.6 is 0 Å². The summed E-state index contributed by atoms with van der Waals surface area (Å²) in [5, 5.41) is 3.54. The summed E-state index contributed by atoms with van der Waals surface area (Å²) in [5.74, 6) is -0.913. The van der Waals surface area contributed by atoms with E-state index in [0.29, 0.717) is 11.2 Å². The fourth-order valence-corrected chi connectivity index (χ4v) is 2.97. The second-order valence-corrected chi connectivity index (χ2v) is 7.58. The normalized spacial score (nSPS) is 12.1. The zero-order valence-electron chi connectivity index (χ0n) is 16.0. The Hall–Kier alpha value is -3.29. The Balaban J connectivity index is 1.85. The van der Waals surface area contributed by atoms with E-state index in [1.807, 2.05) is 26.8 Å². The van der Waals surface area contributed by atoms with E-state index in [2.05, 4.69) is 15.0 Å². The molecule has 3 aromatic rings. The second kappa shape index (κ2) is 7.27. The van der Waals surface area contributed by atoms with Gasteiger partial charge in [-0.05, 0) is 47.4 Å². The molecule has 0 atom stereocenters. The molecule has 5 nitrogen and oxygen atoms in total. The molecule has 0 saturated carbocycles. The first-order chi connectivity index (χ1) is 13.4. The van der Waals surface area contributed by atoms with Gasteiger partial charge in [0.25, 0.3) is 5.91 Å². The Morgan fingerprint density at radius 1 is 1.00 bits per heavy atom. The van der Waals surface area contributed by atoms with E-state index >= 15 is 0 Å². The van der Waals surface area contributed by atoms with E-state index in [0.717, 1.165) is 23.1 Å². The number of anilines is 1. The standard InChI is InChI=1S/C21H19F3N2O3/c1-20(2,3)16-11-18(27)26-17-10-13(6-9-15(16)17)25-19(28)12-4-7-14(8-5-12)29-21(22,23)24/h4-11H,1-3H3,(H,25,28)(H,26,27). The van der Waals surface area contributed by atoms with Gasteiger partial charge in [0.1, 0.15) is 5.75 Å². The van der Waals surface area contributed by atoms with Crippen molar-refractivity contribution in [3.05, 3.63) is 70.0 Å². The monoisotopic (exact) mass is 404 g/mol. The highest BCUT2D eigenvalue weighted by atomic mass is 19.4. The van der Waals surface area contributed by atoms with Crippen molar-refractivity contribution in [1.82, 2.24) is 4.98 Å². The number of amides is 1. The number of H-pyrrole nitrogens is 1. The van der Waals surface area contributed by atoms with Crippen molar-refractivity contribution in [3.8, 4) is 5.75 Å². The average molecular weight is 404 g/mol. The molecule has 1 aromatic heterocycles. The molecule has 152 valence electrons. The largest absolute Gasteiger partial charge is 0.573 e. The number of fused-ring (bicyclic) bond motifs is 1. The maximum absolute atomic E-state index is 12.4. The number of aromatic amines is 1. The Bertz CT molecular complexity index is 1110. The quantitative estimate of drug-likeness (QED) is 0.647. The number of pyridine rings is 1. The summed E-state index contributed by atoms with van der Waals surface area (Å²) in [5.41, 5.74) is 1.59. The summed E-state index contributed by atoms with van der Waals surface area (Å²) >= 11 is 0. The summed E-state index contributed by atoms with van der Waals surface area (Å²) < 4.78 is 40.4. The van der Waals surface area contributed by atoms with E-state index in [1.165, 1.54) is 12.1 Å². The summed E-state index contributed by atoms with van der Waals surface area (Å²) in [6.07, 6.45) is -4.79. The van der Waals surface area contributed by atoms with Crippen molar-refractivity contribution in [3.63, 3.8) is 0 Å². The van der Waals surface area contributed by atoms with Gasteiger partial charge in [-0.2, -0.15) is 0 Å². The van der Waals surface area contributed by atoms with Crippen LogP contribution in [0.1, 0.15) is 36.7 Å². The number of aromatic nitrogens is 1. The van der Waals surface area contributed by atoms with Crippen LogP contribution in [0, 0.1) is 0 Å². The molecule has 2 aromatic carbocycles. The van der Waals surface area contributed by atoms with Gasteiger partial charge >= 0.3 is 6.36 Å². The zero-order chi connectivity index (χ0) is 21.4. The number of carbonyl (C=O) groups excluding carboxylic acids is 1. The lowest BCUT2D eigenvalue weighted by Crippen LogP contribution is -2.18. The number of rotatable bonds is 3. The third-order valence-electron chi connectivity index (χ3n) is 4.26. The summed E-state index contributed by atoms with van der Waals surface area (Å²) in [6, 6.07) is 11.3. The van der Waals surface area contributed by atoms with Crippen molar-refractivity contribution >= 4 is 22.5 Å². The van der Waals surface area contributed by atoms with E-state index < -0.39 is 18.0 Å². The van der Waals surface area contributed by atoms with E-state index in [4.69, 9.17) is 0 Å². The van der Waals surface area contributed by atoms with Crippen LogP contribution in [0.25, 0.3) is 10.9 Å². The molecular weight excluding hydrogens is 385 g/mol. The Labute approximate surface area is 164 Å². The molecule has 29 heavy (non-hydrogen) atoms. The predicted octanol–water partition coefficient (Wildman–Crippen LogP) is 4.98. The summed E-state index contributed by atoms with van der Waals surface area (Å²) in [7, 11) is 0. The average Bonchev–Trinajstić information content (AvgIpc) is 2.59. The van der Waals surface area contributed by atoms with Gasteiger partial charge in [0.15, 0.2) is 0 Å². The highest BCUT2D eigenvalue weighted by molar-refractivity contribution is 6.05. The number of hydrogen-bond donors (Lipinski definition) is 2. The topological polar surface area (TPSA) is 71.2 Å². The number of carbonyl (C=O) groups is 1. The van der Waals surface area contributed by atoms with Gasteiger partial charge in [0, 0.05) is 22.7 Å². The van der Waals surface area contributed by atoms with Gasteiger partial charge in [-0.3, -0.25) is 9.59 Å². The number of alkyl halides is 3. The molecule has 0 radical (unpaired) electrons. The first-order valence-electron chi connectivity index (χ1n) is 8.77. The molecule has 0 unspecified atom stereocenters. The van der Waals surface area contributed by atoms with Gasteiger partial charge in [-0.1, -0.05) is 26.8 Å². The minimum Gasteiger partial charge on any atom is -0.406 e. The molecule has 0 aliphatic carbocycles. The Morgan fingerprint density at radius 3 is 2.24 bits per heavy atom. The third-order valence-corrected chi connectivity index (χ3v) is 4.26.